The van der Waals surface area contributed by atoms with E-state index in [2.05, 4.69) is 26.6 Å². The Morgan fingerprint density at radius 2 is 0.828 bits per heavy atom. The first-order valence-corrected chi connectivity index (χ1v) is 32.4. The van der Waals surface area contributed by atoms with Gasteiger partial charge in [0.25, 0.3) is 0 Å². The summed E-state index contributed by atoms with van der Waals surface area (Å²) in [5.41, 5.74) is 0. The Kier molecular flexibility index (Phi) is 53.3. The lowest BCUT2D eigenvalue weighted by molar-refractivity contribution is -0.266. The number of hydrogen-bond acceptors (Lipinski definition) is 26. The highest BCUT2D eigenvalue weighted by Gasteiger charge is 2.45. The molecule has 9 atom stereocenters. The fourth-order valence-corrected chi connectivity index (χ4v) is 9.02. The lowest BCUT2D eigenvalue weighted by Crippen LogP contribution is -2.54. The average Bonchev–Trinajstić information content (AvgIpc) is 0.866. The molecule has 2 aliphatic heterocycles. The molecule has 93 heavy (non-hydrogen) atoms. The number of nitrogens with one attached hydrogen (secondary N) is 5. The van der Waals surface area contributed by atoms with Crippen LogP contribution < -0.4 is 26.6 Å². The number of rotatable bonds is 50. The molecule has 2 aliphatic rings. The van der Waals surface area contributed by atoms with Crippen LogP contribution >= 0.6 is 0 Å². The Morgan fingerprint density at radius 1 is 0.452 bits per heavy atom. The normalized spacial score (nSPS) is 19.2. The molecule has 9 unspecified atom stereocenters. The summed E-state index contributed by atoms with van der Waals surface area (Å²) < 4.78 is 65.3. The maximum Gasteiger partial charge on any atom is 0.303 e. The van der Waals surface area contributed by atoms with Crippen LogP contribution in [0.15, 0.2) is 0 Å². The molecule has 6 N–H and O–H groups in total. The van der Waals surface area contributed by atoms with Crippen molar-refractivity contribution in [2.75, 3.05) is 93.1 Å². The van der Waals surface area contributed by atoms with E-state index in [4.69, 9.17) is 61.9 Å². The third-order valence-electron chi connectivity index (χ3n) is 13.6. The zero-order chi connectivity index (χ0) is 69.4. The first kappa shape index (κ1) is 86.7. The van der Waals surface area contributed by atoms with E-state index < -0.39 is 91.0 Å². The number of unbranched alkanes of at least 4 members (excludes halogenated alkanes) is 11. The summed E-state index contributed by atoms with van der Waals surface area (Å²) in [5, 5.41) is 23.0. The highest BCUT2D eigenvalue weighted by Crippen LogP contribution is 2.29. The van der Waals surface area contributed by atoms with Gasteiger partial charge in [0, 0.05) is 126 Å². The minimum atomic E-state index is -0.975. The number of hydrogen-bond donors (Lipinski definition) is 6. The molecule has 0 aromatic carbocycles. The molecule has 2 rings (SSSR count). The van der Waals surface area contributed by atoms with E-state index in [1.165, 1.54) is 60.8 Å². The quantitative estimate of drug-likeness (QED) is 0.0219. The molecule has 30 nitrogen and oxygen atoms in total. The van der Waals surface area contributed by atoms with Gasteiger partial charge in [0.05, 0.1) is 32.5 Å². The summed E-state index contributed by atoms with van der Waals surface area (Å²) >= 11 is 0. The summed E-state index contributed by atoms with van der Waals surface area (Å²) in [6, 6.07) is -0.0686. The van der Waals surface area contributed by atoms with Crippen molar-refractivity contribution in [2.24, 2.45) is 0 Å². The van der Waals surface area contributed by atoms with E-state index in [9.17, 15) is 57.5 Å². The second kappa shape index (κ2) is 57.2. The van der Waals surface area contributed by atoms with Gasteiger partial charge in [-0.05, 0) is 72.0 Å². The van der Waals surface area contributed by atoms with Crippen molar-refractivity contribution in [1.29, 1.82) is 0 Å². The maximum absolute atomic E-state index is 12.2. The Balaban J connectivity index is 0.00000169. The van der Waals surface area contributed by atoms with Gasteiger partial charge in [-0.3, -0.25) is 47.9 Å². The fourth-order valence-electron chi connectivity index (χ4n) is 9.02. The summed E-state index contributed by atoms with van der Waals surface area (Å²) in [6.45, 7) is 11.2. The SMILES string of the molecule is CC(=O)OCC1OC(OCCCCC=O)CC(OC(C)=O)C1OC(C)=O.CNCCCNC(=O)CCOCC(COCCC(=O)NCCCNC(=O)CCCCOC1CC(OC(C)=O)C(OC(C)=O)C(COC(C)=O)O1)NC.O=CCCCCCCCCCCC(=O)O. The van der Waals surface area contributed by atoms with Crippen LogP contribution in [-0.2, 0) is 114 Å². The number of amides is 3. The summed E-state index contributed by atoms with van der Waals surface area (Å²) in [4.78, 5) is 135. The second-order valence-corrected chi connectivity index (χ2v) is 22.0. The topological polar surface area (TPSA) is 396 Å². The highest BCUT2D eigenvalue weighted by atomic mass is 16.7. The van der Waals surface area contributed by atoms with Crippen LogP contribution in [0.2, 0.25) is 0 Å². The predicted octanol–water partition coefficient (Wildman–Crippen LogP) is 3.55. The number of carbonyl (C=O) groups excluding carboxylic acids is 11. The van der Waals surface area contributed by atoms with Gasteiger partial charge in [-0.25, -0.2) is 0 Å². The Hall–Kier alpha value is -6.28. The fraction of sp³-hybridized carbons (Fsp3) is 0.810. The smallest absolute Gasteiger partial charge is 0.303 e. The van der Waals surface area contributed by atoms with Crippen molar-refractivity contribution in [1.82, 2.24) is 26.6 Å². The standard InChI is InChI=1S/C34H61N5O13.C17H26O9.C12H22O3/c1-24(40)49-23-29-34(51-26(3)42)28(50-25(2)41)20-33(52-29)48-17-7-6-10-30(43)37-15-9-16-39-32(45)12-19-47-22-27(36-5)21-46-18-11-31(44)38-14-8-13-35-4;1-11(19)23-10-15-17(25-13(3)21)14(24-12(2)20)9-16(26-15)22-8-6-4-5-7-18;13-11-9-7-5-3-1-2-4-6-8-10-12(14)15/h27-29,33-36H,6-23H2,1-5H3,(H,37,43)(H,38,44)(H,39,45);7,14-17H,4-6,8-10H2,1-3H3;11H,1-10H2,(H,14,15). The van der Waals surface area contributed by atoms with E-state index in [1.807, 2.05) is 7.05 Å². The van der Waals surface area contributed by atoms with Crippen molar-refractivity contribution >= 4 is 72.1 Å². The van der Waals surface area contributed by atoms with Crippen molar-refractivity contribution in [3.63, 3.8) is 0 Å². The van der Waals surface area contributed by atoms with E-state index in [0.29, 0.717) is 104 Å². The molecule has 2 heterocycles. The molecule has 0 aromatic rings. The number of aldehydes is 2. The van der Waals surface area contributed by atoms with Gasteiger partial charge in [0.1, 0.15) is 50.2 Å². The van der Waals surface area contributed by atoms with E-state index in [1.54, 1.807) is 7.05 Å². The van der Waals surface area contributed by atoms with Crippen LogP contribution in [0.5, 0.6) is 0 Å². The molecule has 2 saturated heterocycles. The Morgan fingerprint density at radius 3 is 1.22 bits per heavy atom. The summed E-state index contributed by atoms with van der Waals surface area (Å²) in [6.07, 6.45) is 10.2. The first-order chi connectivity index (χ1) is 44.5. The Bertz CT molecular complexity index is 2120. The van der Waals surface area contributed by atoms with Crippen LogP contribution in [0.4, 0.5) is 0 Å². The molecule has 0 saturated carbocycles. The summed E-state index contributed by atoms with van der Waals surface area (Å²) in [5.74, 6) is -4.36. The molecular formula is C63H109N5O25. The predicted molar refractivity (Wildman–Crippen MR) is 333 cm³/mol. The highest BCUT2D eigenvalue weighted by molar-refractivity contribution is 5.77. The number of likely N-dealkylation sites (N-methyl/N-ethyl adjacent to an activating group) is 1. The van der Waals surface area contributed by atoms with Crippen LogP contribution in [0.25, 0.3) is 0 Å². The zero-order valence-corrected chi connectivity index (χ0v) is 56.1. The van der Waals surface area contributed by atoms with Gasteiger partial charge < -0.3 is 98.1 Å². The number of ether oxygens (including phenoxy) is 12. The van der Waals surface area contributed by atoms with E-state index in [0.717, 1.165) is 57.6 Å². The molecule has 0 aliphatic carbocycles. The van der Waals surface area contributed by atoms with Crippen LogP contribution in [0.1, 0.15) is 183 Å². The summed E-state index contributed by atoms with van der Waals surface area (Å²) in [7, 11) is 3.66. The lowest BCUT2D eigenvalue weighted by atomic mass is 10.0. The maximum atomic E-state index is 12.2. The molecule has 2 fully saturated rings. The number of carboxylic acid groups (broad SMARTS) is 1. The minimum absolute atomic E-state index is 0.0424. The second-order valence-electron chi connectivity index (χ2n) is 22.0. The van der Waals surface area contributed by atoms with Gasteiger partial charge >= 0.3 is 41.8 Å². The lowest BCUT2D eigenvalue weighted by Gasteiger charge is -2.39. The number of aliphatic carboxylic acids is 1. The van der Waals surface area contributed by atoms with Crippen molar-refractivity contribution in [3.05, 3.63) is 0 Å². The molecule has 0 bridgehead atoms. The van der Waals surface area contributed by atoms with E-state index in [-0.39, 0.29) is 75.9 Å². The monoisotopic (exact) mass is 1340 g/mol. The molecule has 30 heteroatoms. The molecule has 0 radical (unpaired) electrons. The number of carbonyl (C=O) groups is 12. The molecule has 536 valence electrons. The number of esters is 6. The van der Waals surface area contributed by atoms with Crippen LogP contribution in [0.3, 0.4) is 0 Å². The first-order valence-electron chi connectivity index (χ1n) is 32.4. The van der Waals surface area contributed by atoms with Crippen LogP contribution in [-0.4, -0.2) is 226 Å². The average molecular weight is 1340 g/mol. The molecular weight excluding hydrogens is 1230 g/mol. The van der Waals surface area contributed by atoms with E-state index >= 15 is 0 Å². The largest absolute Gasteiger partial charge is 0.481 e. The zero-order valence-electron chi connectivity index (χ0n) is 56.1. The third-order valence-corrected chi connectivity index (χ3v) is 13.6. The van der Waals surface area contributed by atoms with Gasteiger partial charge in [-0.15, -0.1) is 0 Å². The van der Waals surface area contributed by atoms with Gasteiger partial charge in [-0.2, -0.15) is 0 Å². The third kappa shape index (κ3) is 50.8. The van der Waals surface area contributed by atoms with Gasteiger partial charge in [-0.1, -0.05) is 38.5 Å². The molecule has 3 amide bonds. The van der Waals surface area contributed by atoms with Crippen molar-refractivity contribution < 1.29 is 119 Å². The minimum Gasteiger partial charge on any atom is -0.481 e. The van der Waals surface area contributed by atoms with Gasteiger partial charge in [0.2, 0.25) is 17.7 Å². The molecule has 0 spiro atoms. The van der Waals surface area contributed by atoms with Crippen molar-refractivity contribution in [3.8, 4) is 0 Å². The van der Waals surface area contributed by atoms with Crippen molar-refractivity contribution in [2.45, 2.75) is 238 Å². The molecule has 0 aromatic heterocycles. The number of carboxylic acids is 1. The Labute approximate surface area is 547 Å². The van der Waals surface area contributed by atoms with Gasteiger partial charge in [0.15, 0.2) is 24.8 Å². The van der Waals surface area contributed by atoms with Crippen LogP contribution in [0, 0.1) is 0 Å².